The van der Waals surface area contributed by atoms with Crippen LogP contribution in [0, 0.1) is 5.82 Å². The molecule has 1 aromatic heterocycles. The van der Waals surface area contributed by atoms with E-state index in [0.717, 1.165) is 10.9 Å². The Kier molecular flexibility index (Phi) is 3.50. The number of anilines is 2. The van der Waals surface area contributed by atoms with Crippen molar-refractivity contribution in [2.24, 2.45) is 5.73 Å². The van der Waals surface area contributed by atoms with Crippen LogP contribution in [0.2, 0.25) is 0 Å². The van der Waals surface area contributed by atoms with Gasteiger partial charge in [0.2, 0.25) is 0 Å². The zero-order valence-electron chi connectivity index (χ0n) is 11.0. The van der Waals surface area contributed by atoms with Crippen molar-refractivity contribution in [3.8, 4) is 0 Å². The van der Waals surface area contributed by atoms with Crippen LogP contribution in [0.25, 0.3) is 10.9 Å². The molecular formula is C16H12FN3S. The van der Waals surface area contributed by atoms with E-state index in [9.17, 15) is 4.39 Å². The van der Waals surface area contributed by atoms with E-state index in [-0.39, 0.29) is 10.8 Å². The molecule has 0 amide bonds. The van der Waals surface area contributed by atoms with E-state index in [0.29, 0.717) is 17.1 Å². The smallest absolute Gasteiger partial charge is 0.146 e. The molecule has 0 fully saturated rings. The highest BCUT2D eigenvalue weighted by Gasteiger charge is 2.11. The first-order chi connectivity index (χ1) is 10.1. The van der Waals surface area contributed by atoms with Gasteiger partial charge < -0.3 is 11.1 Å². The number of hydrogen-bond acceptors (Lipinski definition) is 3. The van der Waals surface area contributed by atoms with Crippen LogP contribution in [0.5, 0.6) is 0 Å². The summed E-state index contributed by atoms with van der Waals surface area (Å²) in [6, 6.07) is 15.9. The van der Waals surface area contributed by atoms with Crippen molar-refractivity contribution in [3.05, 3.63) is 66.0 Å². The van der Waals surface area contributed by atoms with Gasteiger partial charge in [-0.3, -0.25) is 0 Å². The van der Waals surface area contributed by atoms with E-state index < -0.39 is 0 Å². The number of hydrogen-bond donors (Lipinski definition) is 2. The average molecular weight is 297 g/mol. The number of halogens is 1. The first-order valence-electron chi connectivity index (χ1n) is 6.36. The van der Waals surface area contributed by atoms with Crippen LogP contribution in [-0.4, -0.2) is 9.97 Å². The van der Waals surface area contributed by atoms with E-state index in [1.165, 1.54) is 6.07 Å². The summed E-state index contributed by atoms with van der Waals surface area (Å²) >= 11 is 5.07. The first-order valence-corrected chi connectivity index (χ1v) is 6.77. The van der Waals surface area contributed by atoms with Gasteiger partial charge in [0.05, 0.1) is 16.8 Å². The second kappa shape index (κ2) is 5.46. The summed E-state index contributed by atoms with van der Waals surface area (Å²) in [4.78, 5) is 4.70. The zero-order chi connectivity index (χ0) is 14.8. The Morgan fingerprint density at radius 3 is 2.57 bits per heavy atom. The molecule has 5 heteroatoms. The van der Waals surface area contributed by atoms with E-state index in [2.05, 4.69) is 10.3 Å². The molecule has 0 unspecified atom stereocenters. The summed E-state index contributed by atoms with van der Waals surface area (Å²) in [5, 5.41) is 3.89. The maximum atomic E-state index is 13.8. The zero-order valence-corrected chi connectivity index (χ0v) is 11.8. The number of benzene rings is 2. The molecule has 0 atom stereocenters. The Hall–Kier alpha value is -2.53. The van der Waals surface area contributed by atoms with Crippen LogP contribution >= 0.6 is 12.2 Å². The first kappa shape index (κ1) is 13.5. The van der Waals surface area contributed by atoms with Crippen molar-refractivity contribution in [1.82, 2.24) is 4.98 Å². The lowest BCUT2D eigenvalue weighted by atomic mass is 10.1. The van der Waals surface area contributed by atoms with Crippen molar-refractivity contribution in [3.63, 3.8) is 0 Å². The lowest BCUT2D eigenvalue weighted by molar-refractivity contribution is 0.632. The van der Waals surface area contributed by atoms with Crippen LogP contribution in [0.1, 0.15) is 5.56 Å². The summed E-state index contributed by atoms with van der Waals surface area (Å²) in [5.74, 6) is 0.0904. The summed E-state index contributed by atoms with van der Waals surface area (Å²) in [5.41, 5.74) is 7.46. The topological polar surface area (TPSA) is 50.9 Å². The van der Waals surface area contributed by atoms with Gasteiger partial charge in [-0.2, -0.15) is 0 Å². The lowest BCUT2D eigenvalue weighted by Gasteiger charge is -2.12. The number of aromatic nitrogens is 1. The third-order valence-corrected chi connectivity index (χ3v) is 3.34. The Balaban J connectivity index is 2.14. The fraction of sp³-hybridized carbons (Fsp3) is 0. The van der Waals surface area contributed by atoms with Gasteiger partial charge in [0.1, 0.15) is 16.6 Å². The number of nitrogens with zero attached hydrogens (tertiary/aromatic N) is 1. The number of nitrogens with two attached hydrogens (primary N) is 1. The van der Waals surface area contributed by atoms with Crippen LogP contribution in [-0.2, 0) is 0 Å². The molecule has 3 N–H and O–H groups in total. The number of pyridine rings is 1. The van der Waals surface area contributed by atoms with E-state index in [1.54, 1.807) is 18.2 Å². The predicted molar refractivity (Wildman–Crippen MR) is 87.3 cm³/mol. The molecule has 0 aliphatic carbocycles. The Labute approximate surface area is 126 Å². The van der Waals surface area contributed by atoms with Gasteiger partial charge in [-0.15, -0.1) is 0 Å². The molecule has 0 aliphatic heterocycles. The van der Waals surface area contributed by atoms with Gasteiger partial charge in [0, 0.05) is 5.39 Å². The number of fused-ring (bicyclic) bond motifs is 1. The second-order valence-electron chi connectivity index (χ2n) is 4.55. The van der Waals surface area contributed by atoms with Crippen molar-refractivity contribution in [2.75, 3.05) is 5.32 Å². The normalized spacial score (nSPS) is 10.5. The third-order valence-electron chi connectivity index (χ3n) is 3.12. The Morgan fingerprint density at radius 2 is 1.81 bits per heavy atom. The van der Waals surface area contributed by atoms with Crippen LogP contribution < -0.4 is 11.1 Å². The maximum absolute atomic E-state index is 13.8. The maximum Gasteiger partial charge on any atom is 0.146 e. The predicted octanol–water partition coefficient (Wildman–Crippen LogP) is 3.75. The van der Waals surface area contributed by atoms with Crippen LogP contribution in [0.3, 0.4) is 0 Å². The molecule has 3 rings (SSSR count). The summed E-state index contributed by atoms with van der Waals surface area (Å²) in [6.45, 7) is 0. The van der Waals surface area contributed by atoms with Gasteiger partial charge in [0.15, 0.2) is 0 Å². The summed E-state index contributed by atoms with van der Waals surface area (Å²) in [7, 11) is 0. The molecule has 0 bridgehead atoms. The molecule has 0 saturated carbocycles. The second-order valence-corrected chi connectivity index (χ2v) is 4.99. The number of nitrogens with one attached hydrogen (secondary N) is 1. The van der Waals surface area contributed by atoms with Crippen LogP contribution in [0.4, 0.5) is 15.9 Å². The highest BCUT2D eigenvalue weighted by atomic mass is 32.1. The lowest BCUT2D eigenvalue weighted by Crippen LogP contribution is -2.13. The standard InChI is InChI=1S/C16H12FN3S/c17-12-6-2-4-8-14(12)20-16-11(15(18)21)9-10-5-1-3-7-13(10)19-16/h1-9H,(H2,18,21)(H,19,20). The number of rotatable bonds is 3. The van der Waals surface area contributed by atoms with E-state index in [4.69, 9.17) is 18.0 Å². The molecule has 3 nitrogen and oxygen atoms in total. The molecule has 3 aromatic rings. The minimum Gasteiger partial charge on any atom is -0.389 e. The molecule has 0 radical (unpaired) electrons. The van der Waals surface area contributed by atoms with Gasteiger partial charge >= 0.3 is 0 Å². The average Bonchev–Trinajstić information content (AvgIpc) is 2.48. The van der Waals surface area contributed by atoms with E-state index >= 15 is 0 Å². The highest BCUT2D eigenvalue weighted by Crippen LogP contribution is 2.25. The van der Waals surface area contributed by atoms with Crippen molar-refractivity contribution in [2.45, 2.75) is 0 Å². The van der Waals surface area contributed by atoms with Gasteiger partial charge in [0.25, 0.3) is 0 Å². The Bertz CT molecular complexity index is 833. The van der Waals surface area contributed by atoms with Crippen molar-refractivity contribution in [1.29, 1.82) is 0 Å². The SMILES string of the molecule is NC(=S)c1cc2ccccc2nc1Nc1ccccc1F. The Morgan fingerprint density at radius 1 is 1.10 bits per heavy atom. The fourth-order valence-corrected chi connectivity index (χ4v) is 2.24. The quantitative estimate of drug-likeness (QED) is 0.723. The number of para-hydroxylation sites is 2. The molecule has 104 valence electrons. The van der Waals surface area contributed by atoms with Crippen LogP contribution in [0.15, 0.2) is 54.6 Å². The minimum atomic E-state index is -0.360. The summed E-state index contributed by atoms with van der Waals surface area (Å²) in [6.07, 6.45) is 0. The van der Waals surface area contributed by atoms with E-state index in [1.807, 2.05) is 30.3 Å². The van der Waals surface area contributed by atoms with Gasteiger partial charge in [-0.05, 0) is 24.3 Å². The summed E-state index contributed by atoms with van der Waals surface area (Å²) < 4.78 is 13.8. The molecule has 2 aromatic carbocycles. The third kappa shape index (κ3) is 2.68. The van der Waals surface area contributed by atoms with Gasteiger partial charge in [-0.1, -0.05) is 42.5 Å². The minimum absolute atomic E-state index is 0.215. The van der Waals surface area contributed by atoms with Gasteiger partial charge in [-0.25, -0.2) is 9.37 Å². The van der Waals surface area contributed by atoms with Crippen molar-refractivity contribution >= 4 is 39.6 Å². The fourth-order valence-electron chi connectivity index (χ4n) is 2.09. The largest absolute Gasteiger partial charge is 0.389 e. The molecule has 0 aliphatic rings. The molecule has 0 spiro atoms. The monoisotopic (exact) mass is 297 g/mol. The molecular weight excluding hydrogens is 285 g/mol. The number of thiocarbonyl (C=S) groups is 1. The highest BCUT2D eigenvalue weighted by molar-refractivity contribution is 7.80. The molecule has 1 heterocycles. The van der Waals surface area contributed by atoms with Crippen molar-refractivity contribution < 1.29 is 4.39 Å². The molecule has 0 saturated heterocycles. The molecule has 21 heavy (non-hydrogen) atoms.